The first kappa shape index (κ1) is 21.0. The van der Waals surface area contributed by atoms with Crippen LogP contribution in [0.2, 0.25) is 0 Å². The molecule has 4 aromatic rings. The molecule has 0 unspecified atom stereocenters. The second-order valence-electron chi connectivity index (χ2n) is 7.81. The highest BCUT2D eigenvalue weighted by Gasteiger charge is 2.32. The van der Waals surface area contributed by atoms with E-state index in [2.05, 4.69) is 0 Å². The van der Waals surface area contributed by atoms with Crippen molar-refractivity contribution in [3.05, 3.63) is 129 Å². The average Bonchev–Trinajstić information content (AvgIpc) is 2.86. The lowest BCUT2D eigenvalue weighted by Gasteiger charge is -2.17. The van der Waals surface area contributed by atoms with E-state index in [0.29, 0.717) is 22.3 Å². The molecule has 0 heterocycles. The maximum Gasteiger partial charge on any atom is 0.198 e. The van der Waals surface area contributed by atoms with Gasteiger partial charge < -0.3 is 10.2 Å². The number of ketones is 4. The Balaban J connectivity index is 0.000000142. The van der Waals surface area contributed by atoms with E-state index < -0.39 is 0 Å². The smallest absolute Gasteiger partial charge is 0.198 e. The van der Waals surface area contributed by atoms with Gasteiger partial charge >= 0.3 is 0 Å². The van der Waals surface area contributed by atoms with Crippen LogP contribution in [0.15, 0.2) is 84.9 Å². The van der Waals surface area contributed by atoms with Crippen LogP contribution in [0.4, 0.5) is 0 Å². The fourth-order valence-electron chi connectivity index (χ4n) is 4.25. The number of phenols is 2. The highest BCUT2D eigenvalue weighted by Crippen LogP contribution is 2.33. The SMILES string of the molecule is O=C1c2ccccc2C(=O)c2c(O)cccc21.O=C1c2ccccc2C(=O)c2c(O)cccc21. The molecule has 0 saturated heterocycles. The first-order chi connectivity index (χ1) is 16.4. The number of aromatic hydroxyl groups is 2. The van der Waals surface area contributed by atoms with Gasteiger partial charge in [0.1, 0.15) is 11.5 Å². The summed E-state index contributed by atoms with van der Waals surface area (Å²) < 4.78 is 0. The van der Waals surface area contributed by atoms with Gasteiger partial charge in [0.05, 0.1) is 11.1 Å². The fourth-order valence-corrected chi connectivity index (χ4v) is 4.25. The van der Waals surface area contributed by atoms with Crippen LogP contribution in [-0.2, 0) is 0 Å². The summed E-state index contributed by atoms with van der Waals surface area (Å²) in [5.74, 6) is -1.32. The van der Waals surface area contributed by atoms with Gasteiger partial charge in [0.15, 0.2) is 23.1 Å². The molecule has 2 aliphatic carbocycles. The number of rotatable bonds is 0. The quantitative estimate of drug-likeness (QED) is 0.358. The van der Waals surface area contributed by atoms with Crippen LogP contribution < -0.4 is 0 Å². The van der Waals surface area contributed by atoms with E-state index >= 15 is 0 Å². The minimum Gasteiger partial charge on any atom is -0.507 e. The van der Waals surface area contributed by atoms with E-state index in [4.69, 9.17) is 0 Å². The summed E-state index contributed by atoms with van der Waals surface area (Å²) in [6.45, 7) is 0. The number of phenolic OH excluding ortho intramolecular Hbond substituents is 2. The van der Waals surface area contributed by atoms with Gasteiger partial charge in [-0.05, 0) is 12.1 Å². The third kappa shape index (κ3) is 3.12. The van der Waals surface area contributed by atoms with Crippen LogP contribution in [0, 0.1) is 0 Å². The second kappa shape index (κ2) is 7.94. The number of carbonyl (C=O) groups is 4. The molecule has 4 aromatic carbocycles. The van der Waals surface area contributed by atoms with Crippen LogP contribution in [0.25, 0.3) is 0 Å². The molecule has 2 N–H and O–H groups in total. The van der Waals surface area contributed by atoms with Crippen molar-refractivity contribution in [2.75, 3.05) is 0 Å². The maximum atomic E-state index is 12.2. The summed E-state index contributed by atoms with van der Waals surface area (Å²) in [6, 6.07) is 22.4. The van der Waals surface area contributed by atoms with Crippen molar-refractivity contribution < 1.29 is 29.4 Å². The van der Waals surface area contributed by atoms with Crippen LogP contribution in [0.1, 0.15) is 63.7 Å². The molecular formula is C28H16O6. The van der Waals surface area contributed by atoms with Crippen molar-refractivity contribution in [1.82, 2.24) is 0 Å². The predicted octanol–water partition coefficient (Wildman–Crippen LogP) is 4.34. The minimum absolute atomic E-state index is 0.108. The molecule has 0 spiro atoms. The van der Waals surface area contributed by atoms with Crippen molar-refractivity contribution in [1.29, 1.82) is 0 Å². The third-order valence-corrected chi connectivity index (χ3v) is 5.86. The lowest BCUT2D eigenvalue weighted by atomic mass is 9.84. The van der Waals surface area contributed by atoms with Crippen molar-refractivity contribution in [2.45, 2.75) is 0 Å². The molecule has 0 amide bonds. The molecule has 6 nitrogen and oxygen atoms in total. The van der Waals surface area contributed by atoms with E-state index in [1.54, 1.807) is 72.8 Å². The van der Waals surface area contributed by atoms with Crippen LogP contribution in [0.5, 0.6) is 11.5 Å². The summed E-state index contributed by atoms with van der Waals surface area (Å²) in [7, 11) is 0. The van der Waals surface area contributed by atoms with Gasteiger partial charge in [-0.25, -0.2) is 0 Å². The normalized spacial score (nSPS) is 13.2. The zero-order valence-electron chi connectivity index (χ0n) is 17.6. The number of hydrogen-bond acceptors (Lipinski definition) is 6. The molecule has 2 aliphatic rings. The Morgan fingerprint density at radius 3 is 1.00 bits per heavy atom. The average molecular weight is 448 g/mol. The predicted molar refractivity (Wildman–Crippen MR) is 123 cm³/mol. The lowest BCUT2D eigenvalue weighted by Crippen LogP contribution is -2.20. The highest BCUT2D eigenvalue weighted by atomic mass is 16.3. The molecule has 34 heavy (non-hydrogen) atoms. The van der Waals surface area contributed by atoms with Crippen molar-refractivity contribution >= 4 is 23.1 Å². The summed E-state index contributed by atoms with van der Waals surface area (Å²) in [6.07, 6.45) is 0. The topological polar surface area (TPSA) is 109 Å². The van der Waals surface area contributed by atoms with E-state index in [0.717, 1.165) is 0 Å². The van der Waals surface area contributed by atoms with E-state index in [9.17, 15) is 29.4 Å². The molecule has 0 aliphatic heterocycles. The highest BCUT2D eigenvalue weighted by molar-refractivity contribution is 6.30. The summed E-state index contributed by atoms with van der Waals surface area (Å²) in [5, 5.41) is 19.4. The number of hydrogen-bond donors (Lipinski definition) is 2. The summed E-state index contributed by atoms with van der Waals surface area (Å²) in [5.41, 5.74) is 2.26. The fraction of sp³-hybridized carbons (Fsp3) is 0. The van der Waals surface area contributed by atoms with E-state index in [1.807, 2.05) is 0 Å². The van der Waals surface area contributed by atoms with Gasteiger partial charge in [-0.3, -0.25) is 19.2 Å². The Bertz CT molecular complexity index is 1430. The Hall–Kier alpha value is -4.84. The zero-order valence-corrected chi connectivity index (χ0v) is 17.6. The molecule has 0 bridgehead atoms. The molecule has 0 fully saturated rings. The number of benzene rings is 4. The van der Waals surface area contributed by atoms with Gasteiger partial charge in [0, 0.05) is 33.4 Å². The van der Waals surface area contributed by atoms with Gasteiger partial charge in [-0.2, -0.15) is 0 Å². The monoisotopic (exact) mass is 448 g/mol. The Labute approximate surface area is 193 Å². The second-order valence-corrected chi connectivity index (χ2v) is 7.81. The first-order valence-corrected chi connectivity index (χ1v) is 10.4. The molecular weight excluding hydrogens is 432 g/mol. The van der Waals surface area contributed by atoms with Crippen molar-refractivity contribution in [3.63, 3.8) is 0 Å². The minimum atomic E-state index is -0.298. The van der Waals surface area contributed by atoms with Crippen LogP contribution in [-0.4, -0.2) is 33.3 Å². The van der Waals surface area contributed by atoms with Crippen molar-refractivity contribution in [2.24, 2.45) is 0 Å². The Kier molecular flexibility index (Phi) is 4.91. The van der Waals surface area contributed by atoms with Gasteiger partial charge in [-0.15, -0.1) is 0 Å². The van der Waals surface area contributed by atoms with E-state index in [1.165, 1.54) is 12.1 Å². The number of carbonyl (C=O) groups excluding carboxylic acids is 4. The summed E-state index contributed by atoms with van der Waals surface area (Å²) in [4.78, 5) is 48.6. The molecule has 0 radical (unpaired) electrons. The largest absolute Gasteiger partial charge is 0.507 e. The standard InChI is InChI=1S/2C14H8O3/c2*15-11-7-3-6-10-12(11)14(17)9-5-2-1-4-8(9)13(10)16/h2*1-7,15H. The molecule has 0 atom stereocenters. The van der Waals surface area contributed by atoms with Crippen LogP contribution >= 0.6 is 0 Å². The molecule has 6 rings (SSSR count). The molecule has 0 saturated carbocycles. The Morgan fingerprint density at radius 1 is 0.353 bits per heavy atom. The van der Waals surface area contributed by atoms with Gasteiger partial charge in [-0.1, -0.05) is 72.8 Å². The van der Waals surface area contributed by atoms with Crippen molar-refractivity contribution in [3.8, 4) is 11.5 Å². The van der Waals surface area contributed by atoms with Gasteiger partial charge in [0.25, 0.3) is 0 Å². The van der Waals surface area contributed by atoms with E-state index in [-0.39, 0.29) is 56.9 Å². The summed E-state index contributed by atoms with van der Waals surface area (Å²) >= 11 is 0. The molecule has 164 valence electrons. The van der Waals surface area contributed by atoms with Crippen LogP contribution in [0.3, 0.4) is 0 Å². The third-order valence-electron chi connectivity index (χ3n) is 5.86. The Morgan fingerprint density at radius 2 is 0.647 bits per heavy atom. The molecule has 0 aromatic heterocycles. The zero-order chi connectivity index (χ0) is 24.0. The maximum absolute atomic E-state index is 12.2. The lowest BCUT2D eigenvalue weighted by molar-refractivity contribution is 0.0976. The number of fused-ring (bicyclic) bond motifs is 4. The molecule has 6 heteroatoms. The first-order valence-electron chi connectivity index (χ1n) is 10.4. The van der Waals surface area contributed by atoms with Gasteiger partial charge in [0.2, 0.25) is 0 Å².